The first-order valence-corrected chi connectivity index (χ1v) is 8.86. The van der Waals surface area contributed by atoms with Crippen molar-refractivity contribution in [3.05, 3.63) is 65.2 Å². The Morgan fingerprint density at radius 3 is 2.74 bits per heavy atom. The fourth-order valence-corrected chi connectivity index (χ4v) is 3.75. The summed E-state index contributed by atoms with van der Waals surface area (Å²) in [7, 11) is 0. The van der Waals surface area contributed by atoms with E-state index in [0.29, 0.717) is 17.8 Å². The molecule has 0 radical (unpaired) electrons. The first-order valence-electron chi connectivity index (χ1n) is 8.86. The summed E-state index contributed by atoms with van der Waals surface area (Å²) in [6.07, 6.45) is 6.62. The largest absolute Gasteiger partial charge is 0.508 e. The molecule has 2 aromatic carbocycles. The number of rotatable bonds is 6. The number of nitrogens with one attached hydrogen (secondary N) is 1. The van der Waals surface area contributed by atoms with E-state index >= 15 is 0 Å². The van der Waals surface area contributed by atoms with Crippen LogP contribution in [0.1, 0.15) is 42.9 Å². The van der Waals surface area contributed by atoms with E-state index in [9.17, 15) is 5.11 Å². The Morgan fingerprint density at radius 1 is 1.13 bits per heavy atom. The molecule has 0 saturated heterocycles. The number of hydrogen-bond acceptors (Lipinski definition) is 2. The molecule has 0 saturated carbocycles. The first kappa shape index (κ1) is 16.1. The van der Waals surface area contributed by atoms with Gasteiger partial charge in [0, 0.05) is 12.1 Å². The van der Waals surface area contributed by atoms with Gasteiger partial charge in [0.15, 0.2) is 0 Å². The molecule has 0 fully saturated rings. The summed E-state index contributed by atoms with van der Waals surface area (Å²) in [5, 5.41) is 13.9. The van der Waals surface area contributed by atoms with Gasteiger partial charge in [-0.05, 0) is 54.9 Å². The lowest BCUT2D eigenvalue weighted by molar-refractivity contribution is 0.369. The zero-order valence-corrected chi connectivity index (χ0v) is 14.0. The van der Waals surface area contributed by atoms with Crippen molar-refractivity contribution in [3.63, 3.8) is 0 Å². The topological polar surface area (TPSA) is 32.3 Å². The van der Waals surface area contributed by atoms with Gasteiger partial charge in [-0.2, -0.15) is 0 Å². The summed E-state index contributed by atoms with van der Waals surface area (Å²) in [4.78, 5) is 0. The Bertz CT molecular complexity index is 623. The molecule has 2 aromatic rings. The van der Waals surface area contributed by atoms with Crippen LogP contribution in [0.15, 0.2) is 48.5 Å². The molecule has 0 heterocycles. The molecule has 3 rings (SSSR count). The molecule has 2 unspecified atom stereocenters. The minimum Gasteiger partial charge on any atom is -0.508 e. The number of phenols is 1. The monoisotopic (exact) mass is 309 g/mol. The van der Waals surface area contributed by atoms with Crippen molar-refractivity contribution in [2.24, 2.45) is 0 Å². The van der Waals surface area contributed by atoms with Crippen molar-refractivity contribution in [1.82, 2.24) is 5.32 Å². The number of hydrogen-bond donors (Lipinski definition) is 2. The summed E-state index contributed by atoms with van der Waals surface area (Å²) >= 11 is 0. The van der Waals surface area contributed by atoms with Crippen molar-refractivity contribution >= 4 is 0 Å². The average molecular weight is 309 g/mol. The predicted molar refractivity (Wildman–Crippen MR) is 95.9 cm³/mol. The molecular weight excluding hydrogens is 282 g/mol. The van der Waals surface area contributed by atoms with Crippen molar-refractivity contribution < 1.29 is 5.11 Å². The van der Waals surface area contributed by atoms with Gasteiger partial charge in [-0.1, -0.05) is 55.8 Å². The van der Waals surface area contributed by atoms with Gasteiger partial charge in [0.05, 0.1) is 0 Å². The van der Waals surface area contributed by atoms with Crippen LogP contribution in [-0.4, -0.2) is 17.2 Å². The van der Waals surface area contributed by atoms with E-state index in [2.05, 4.69) is 48.6 Å². The molecule has 0 aliphatic heterocycles. The number of benzene rings is 2. The average Bonchev–Trinajstić information content (AvgIpc) is 2.56. The summed E-state index contributed by atoms with van der Waals surface area (Å²) in [5.74, 6) is 0.468. The third-order valence-corrected chi connectivity index (χ3v) is 4.89. The second kappa shape index (κ2) is 7.65. The van der Waals surface area contributed by atoms with Gasteiger partial charge in [0.1, 0.15) is 5.75 Å². The number of fused-ring (bicyclic) bond motifs is 1. The van der Waals surface area contributed by atoms with Crippen molar-refractivity contribution in [2.75, 3.05) is 0 Å². The van der Waals surface area contributed by atoms with E-state index in [1.807, 2.05) is 12.1 Å². The Balaban J connectivity index is 1.64. The Morgan fingerprint density at radius 2 is 1.96 bits per heavy atom. The van der Waals surface area contributed by atoms with Gasteiger partial charge in [0.25, 0.3) is 0 Å². The Kier molecular flexibility index (Phi) is 5.35. The standard InChI is InChI=1S/C21H27NO/c1-2-7-18(14-16-8-4-3-5-9-16)22-19-12-13-20-17(15-19)10-6-11-21(20)23/h3-6,8-11,18-19,22-23H,2,7,12-15H2,1H3. The van der Waals surface area contributed by atoms with E-state index in [-0.39, 0.29) is 0 Å². The number of aromatic hydroxyl groups is 1. The molecule has 23 heavy (non-hydrogen) atoms. The minimum atomic E-state index is 0.468. The van der Waals surface area contributed by atoms with Crippen molar-refractivity contribution in [3.8, 4) is 5.75 Å². The third-order valence-electron chi connectivity index (χ3n) is 4.89. The highest BCUT2D eigenvalue weighted by molar-refractivity contribution is 5.41. The lowest BCUT2D eigenvalue weighted by Crippen LogP contribution is -2.42. The van der Waals surface area contributed by atoms with Crippen LogP contribution in [0.2, 0.25) is 0 Å². The molecule has 0 bridgehead atoms. The van der Waals surface area contributed by atoms with Gasteiger partial charge >= 0.3 is 0 Å². The first-order chi connectivity index (χ1) is 11.3. The lowest BCUT2D eigenvalue weighted by atomic mass is 9.87. The quantitative estimate of drug-likeness (QED) is 0.836. The van der Waals surface area contributed by atoms with Gasteiger partial charge in [-0.25, -0.2) is 0 Å². The van der Waals surface area contributed by atoms with Crippen LogP contribution in [-0.2, 0) is 19.3 Å². The molecule has 2 heteroatoms. The Hall–Kier alpha value is -1.80. The minimum absolute atomic E-state index is 0.468. The second-order valence-corrected chi connectivity index (χ2v) is 6.70. The highest BCUT2D eigenvalue weighted by Gasteiger charge is 2.22. The van der Waals surface area contributed by atoms with Gasteiger partial charge < -0.3 is 10.4 Å². The number of phenolic OH excluding ortho intramolecular Hbond substituents is 1. The third kappa shape index (κ3) is 4.14. The van der Waals surface area contributed by atoms with E-state index in [1.165, 1.54) is 24.0 Å². The Labute approximate surface area is 139 Å². The maximum absolute atomic E-state index is 9.98. The SMILES string of the molecule is CCCC(Cc1ccccc1)NC1CCc2c(O)cccc2C1. The van der Waals surface area contributed by atoms with Gasteiger partial charge in [0.2, 0.25) is 0 Å². The second-order valence-electron chi connectivity index (χ2n) is 6.70. The van der Waals surface area contributed by atoms with Crippen LogP contribution in [0.3, 0.4) is 0 Å². The summed E-state index contributed by atoms with van der Waals surface area (Å²) in [6, 6.07) is 17.8. The molecule has 1 aliphatic rings. The van der Waals surface area contributed by atoms with E-state index in [4.69, 9.17) is 0 Å². The molecular formula is C21H27NO. The molecule has 2 atom stereocenters. The van der Waals surface area contributed by atoms with E-state index in [0.717, 1.165) is 31.2 Å². The summed E-state index contributed by atoms with van der Waals surface area (Å²) < 4.78 is 0. The van der Waals surface area contributed by atoms with Crippen LogP contribution in [0.25, 0.3) is 0 Å². The van der Waals surface area contributed by atoms with Crippen LogP contribution < -0.4 is 5.32 Å². The molecule has 122 valence electrons. The maximum Gasteiger partial charge on any atom is 0.119 e. The molecule has 2 nitrogen and oxygen atoms in total. The normalized spacial score (nSPS) is 18.4. The fraction of sp³-hybridized carbons (Fsp3) is 0.429. The molecule has 1 aliphatic carbocycles. The highest BCUT2D eigenvalue weighted by Crippen LogP contribution is 2.29. The lowest BCUT2D eigenvalue weighted by Gasteiger charge is -2.30. The molecule has 0 aromatic heterocycles. The zero-order chi connectivity index (χ0) is 16.1. The predicted octanol–water partition coefficient (Wildman–Crippen LogP) is 4.25. The zero-order valence-electron chi connectivity index (χ0n) is 14.0. The molecule has 0 spiro atoms. The molecule has 0 amide bonds. The van der Waals surface area contributed by atoms with E-state index in [1.54, 1.807) is 0 Å². The van der Waals surface area contributed by atoms with Crippen molar-refractivity contribution in [1.29, 1.82) is 0 Å². The maximum atomic E-state index is 9.98. The molecule has 2 N–H and O–H groups in total. The van der Waals surface area contributed by atoms with Crippen LogP contribution in [0.4, 0.5) is 0 Å². The van der Waals surface area contributed by atoms with Crippen LogP contribution in [0, 0.1) is 0 Å². The van der Waals surface area contributed by atoms with Gasteiger partial charge in [-0.3, -0.25) is 0 Å². The summed E-state index contributed by atoms with van der Waals surface area (Å²) in [5.41, 5.74) is 3.87. The van der Waals surface area contributed by atoms with Crippen molar-refractivity contribution in [2.45, 2.75) is 57.5 Å². The summed E-state index contributed by atoms with van der Waals surface area (Å²) in [6.45, 7) is 2.26. The van der Waals surface area contributed by atoms with Crippen LogP contribution >= 0.6 is 0 Å². The smallest absolute Gasteiger partial charge is 0.119 e. The van der Waals surface area contributed by atoms with Gasteiger partial charge in [-0.15, -0.1) is 0 Å². The fourth-order valence-electron chi connectivity index (χ4n) is 3.75. The van der Waals surface area contributed by atoms with E-state index < -0.39 is 0 Å². The van der Waals surface area contributed by atoms with Crippen LogP contribution in [0.5, 0.6) is 5.75 Å². The highest BCUT2D eigenvalue weighted by atomic mass is 16.3.